The minimum Gasteiger partial charge on any atom is -0.122 e. The fourth-order valence-corrected chi connectivity index (χ4v) is 3.72. The molecule has 0 nitrogen and oxygen atoms in total. The predicted octanol–water partition coefficient (Wildman–Crippen LogP) is 4.91. The Morgan fingerprint density at radius 3 is 2.36 bits per heavy atom. The lowest BCUT2D eigenvalue weighted by atomic mass is 9.71. The van der Waals surface area contributed by atoms with Crippen molar-refractivity contribution in [2.75, 3.05) is 0 Å². The molecule has 1 saturated carbocycles. The molecular formula is C10H14BrCl3. The largest absolute Gasteiger partial charge is 0.122 e. The van der Waals surface area contributed by atoms with Crippen LogP contribution in [0.4, 0.5) is 0 Å². The first-order valence-electron chi connectivity index (χ1n) is 4.57. The second-order valence-electron chi connectivity index (χ2n) is 4.42. The van der Waals surface area contributed by atoms with Crippen molar-refractivity contribution in [1.82, 2.24) is 0 Å². The minimum absolute atomic E-state index is 0.0469. The van der Waals surface area contributed by atoms with Gasteiger partial charge in [0.25, 0.3) is 0 Å². The Kier molecular flexibility index (Phi) is 4.26. The highest BCUT2D eigenvalue weighted by atomic mass is 79.9. The average molecular weight is 320 g/mol. The van der Waals surface area contributed by atoms with Crippen molar-refractivity contribution in [1.29, 1.82) is 0 Å². The van der Waals surface area contributed by atoms with Crippen LogP contribution in [0, 0.1) is 5.41 Å². The van der Waals surface area contributed by atoms with Gasteiger partial charge >= 0.3 is 0 Å². The summed E-state index contributed by atoms with van der Waals surface area (Å²) in [6.45, 7) is 4.22. The third kappa shape index (κ3) is 2.61. The summed E-state index contributed by atoms with van der Waals surface area (Å²) in [7, 11) is 0. The first kappa shape index (κ1) is 13.2. The number of hydrogen-bond acceptors (Lipinski definition) is 0. The van der Waals surface area contributed by atoms with Gasteiger partial charge in [-0.2, -0.15) is 0 Å². The summed E-state index contributed by atoms with van der Waals surface area (Å²) in [6.07, 6.45) is 3.66. The second-order valence-corrected chi connectivity index (χ2v) is 7.54. The molecule has 0 aromatic rings. The topological polar surface area (TPSA) is 0 Å². The van der Waals surface area contributed by atoms with E-state index < -0.39 is 0 Å². The number of hydrogen-bond donors (Lipinski definition) is 0. The van der Waals surface area contributed by atoms with Crippen LogP contribution in [-0.4, -0.2) is 15.1 Å². The number of rotatable bonds is 1. The normalized spacial score (nSPS) is 49.9. The Hall–Kier alpha value is 1.09. The van der Waals surface area contributed by atoms with Gasteiger partial charge in [0.1, 0.15) is 0 Å². The van der Waals surface area contributed by atoms with Crippen molar-refractivity contribution >= 4 is 50.7 Å². The molecule has 0 N–H and O–H groups in total. The van der Waals surface area contributed by atoms with E-state index in [-0.39, 0.29) is 20.5 Å². The molecular weight excluding hydrogens is 306 g/mol. The van der Waals surface area contributed by atoms with Gasteiger partial charge < -0.3 is 0 Å². The van der Waals surface area contributed by atoms with Gasteiger partial charge in [-0.3, -0.25) is 0 Å². The summed E-state index contributed by atoms with van der Waals surface area (Å²) in [5.74, 6) is 0. The van der Waals surface area contributed by atoms with Crippen LogP contribution in [0.15, 0.2) is 11.6 Å². The molecule has 1 rings (SSSR count). The van der Waals surface area contributed by atoms with E-state index in [4.69, 9.17) is 34.8 Å². The van der Waals surface area contributed by atoms with E-state index in [0.717, 1.165) is 12.8 Å². The van der Waals surface area contributed by atoms with Gasteiger partial charge in [0.15, 0.2) is 0 Å². The Morgan fingerprint density at radius 1 is 1.29 bits per heavy atom. The fourth-order valence-electron chi connectivity index (χ4n) is 1.97. The maximum atomic E-state index is 6.31. The van der Waals surface area contributed by atoms with Crippen LogP contribution in [0.2, 0.25) is 0 Å². The number of alkyl halides is 3. The lowest BCUT2D eigenvalue weighted by molar-refractivity contribution is 0.261. The van der Waals surface area contributed by atoms with Crippen molar-refractivity contribution in [2.24, 2.45) is 5.41 Å². The van der Waals surface area contributed by atoms with E-state index in [0.29, 0.717) is 0 Å². The maximum Gasteiger partial charge on any atom is 0.0501 e. The fraction of sp³-hybridized carbons (Fsp3) is 0.800. The maximum absolute atomic E-state index is 6.31. The molecule has 0 saturated heterocycles. The molecule has 0 spiro atoms. The summed E-state index contributed by atoms with van der Waals surface area (Å²) in [5, 5.41) is 0.118. The van der Waals surface area contributed by atoms with Gasteiger partial charge in [-0.25, -0.2) is 0 Å². The van der Waals surface area contributed by atoms with E-state index in [1.807, 2.05) is 6.08 Å². The molecule has 0 amide bonds. The molecule has 4 unspecified atom stereocenters. The van der Waals surface area contributed by atoms with Gasteiger partial charge in [-0.05, 0) is 19.8 Å². The van der Waals surface area contributed by atoms with Crippen LogP contribution < -0.4 is 0 Å². The van der Waals surface area contributed by atoms with Gasteiger partial charge in [0.05, 0.1) is 5.38 Å². The molecule has 1 fully saturated rings. The third-order valence-electron chi connectivity index (χ3n) is 2.95. The lowest BCUT2D eigenvalue weighted by Gasteiger charge is -2.46. The SMILES string of the molecule is CC1(Br)CC(C)(C=CCl)C(Cl)CC1Cl. The third-order valence-corrected chi connectivity index (χ3v) is 5.51. The Bertz CT molecular complexity index is 240. The first-order valence-corrected chi connectivity index (χ1v) is 6.67. The first-order chi connectivity index (χ1) is 6.32. The summed E-state index contributed by atoms with van der Waals surface area (Å²) < 4.78 is -0.0644. The second kappa shape index (κ2) is 4.53. The molecule has 0 aromatic carbocycles. The Morgan fingerprint density at radius 2 is 1.86 bits per heavy atom. The van der Waals surface area contributed by atoms with Crippen LogP contribution >= 0.6 is 50.7 Å². The van der Waals surface area contributed by atoms with E-state index >= 15 is 0 Å². The molecule has 4 heteroatoms. The van der Waals surface area contributed by atoms with Gasteiger partial charge in [0, 0.05) is 20.7 Å². The van der Waals surface area contributed by atoms with Crippen LogP contribution in [0.5, 0.6) is 0 Å². The minimum atomic E-state index is -0.0764. The van der Waals surface area contributed by atoms with Gasteiger partial charge in [-0.1, -0.05) is 40.5 Å². The van der Waals surface area contributed by atoms with Crippen molar-refractivity contribution in [3.63, 3.8) is 0 Å². The zero-order chi connectivity index (χ0) is 11.0. The molecule has 0 radical (unpaired) electrons. The highest BCUT2D eigenvalue weighted by Gasteiger charge is 2.47. The van der Waals surface area contributed by atoms with Crippen molar-refractivity contribution in [2.45, 2.75) is 41.8 Å². The van der Waals surface area contributed by atoms with E-state index in [1.54, 1.807) is 5.54 Å². The molecule has 14 heavy (non-hydrogen) atoms. The van der Waals surface area contributed by atoms with Gasteiger partial charge in [-0.15, -0.1) is 23.2 Å². The monoisotopic (exact) mass is 318 g/mol. The zero-order valence-corrected chi connectivity index (χ0v) is 12.1. The van der Waals surface area contributed by atoms with E-state index in [9.17, 15) is 0 Å². The number of halogens is 4. The van der Waals surface area contributed by atoms with Crippen molar-refractivity contribution in [3.8, 4) is 0 Å². The smallest absolute Gasteiger partial charge is 0.0501 e. The summed E-state index contributed by atoms with van der Waals surface area (Å²) in [4.78, 5) is 0. The van der Waals surface area contributed by atoms with Crippen molar-refractivity contribution in [3.05, 3.63) is 11.6 Å². The molecule has 4 atom stereocenters. The molecule has 0 heterocycles. The summed E-state index contributed by atoms with van der Waals surface area (Å²) in [5.41, 5.74) is 1.47. The Labute approximate surface area is 109 Å². The van der Waals surface area contributed by atoms with E-state index in [2.05, 4.69) is 29.8 Å². The van der Waals surface area contributed by atoms with Gasteiger partial charge in [0.2, 0.25) is 0 Å². The number of allylic oxidation sites excluding steroid dienone is 1. The Balaban J connectivity index is 2.89. The molecule has 1 aliphatic rings. The molecule has 1 aliphatic carbocycles. The molecule has 0 bridgehead atoms. The molecule has 82 valence electrons. The zero-order valence-electron chi connectivity index (χ0n) is 8.24. The quantitative estimate of drug-likeness (QED) is 0.602. The summed E-state index contributed by atoms with van der Waals surface area (Å²) >= 11 is 21.8. The van der Waals surface area contributed by atoms with Crippen LogP contribution in [0.25, 0.3) is 0 Å². The molecule has 0 aliphatic heterocycles. The highest BCUT2D eigenvalue weighted by molar-refractivity contribution is 9.10. The van der Waals surface area contributed by atoms with Crippen molar-refractivity contribution < 1.29 is 0 Å². The van der Waals surface area contributed by atoms with Crippen LogP contribution in [0.1, 0.15) is 26.7 Å². The van der Waals surface area contributed by atoms with Crippen LogP contribution in [0.3, 0.4) is 0 Å². The highest BCUT2D eigenvalue weighted by Crippen LogP contribution is 2.50. The van der Waals surface area contributed by atoms with Crippen LogP contribution in [-0.2, 0) is 0 Å². The molecule has 0 aromatic heterocycles. The standard InChI is InChI=1S/C10H14BrCl3/c1-9(3-4-12)6-10(2,11)8(14)5-7(9)13/h3-4,7-8H,5-6H2,1-2H3. The lowest BCUT2D eigenvalue weighted by Crippen LogP contribution is -2.46. The average Bonchev–Trinajstić information content (AvgIpc) is 2.01. The summed E-state index contributed by atoms with van der Waals surface area (Å²) in [6, 6.07) is 0. The van der Waals surface area contributed by atoms with E-state index in [1.165, 1.54) is 0 Å². The predicted molar refractivity (Wildman–Crippen MR) is 68.9 cm³/mol.